The lowest BCUT2D eigenvalue weighted by molar-refractivity contribution is 0.355. The van der Waals surface area contributed by atoms with Crippen LogP contribution in [0.1, 0.15) is 0 Å². The summed E-state index contributed by atoms with van der Waals surface area (Å²) in [5.41, 5.74) is 9.75. The van der Waals surface area contributed by atoms with Gasteiger partial charge in [0.1, 0.15) is 5.82 Å². The first kappa shape index (κ1) is 15.9. The Hall–Kier alpha value is -3.61. The summed E-state index contributed by atoms with van der Waals surface area (Å²) in [7, 11) is 3.22. The normalized spacial score (nSPS) is 10.8. The van der Waals surface area contributed by atoms with Gasteiger partial charge in [-0.25, -0.2) is 9.97 Å². The number of aromatic nitrogens is 4. The summed E-state index contributed by atoms with van der Waals surface area (Å²) in [4.78, 5) is 8.73. The second-order valence-corrected chi connectivity index (χ2v) is 5.71. The van der Waals surface area contributed by atoms with Crippen molar-refractivity contribution in [3.63, 3.8) is 0 Å². The molecule has 130 valence electrons. The van der Waals surface area contributed by atoms with Crippen LogP contribution in [0.3, 0.4) is 0 Å². The number of rotatable bonds is 4. The molecule has 0 spiro atoms. The summed E-state index contributed by atoms with van der Waals surface area (Å²) in [6, 6.07) is 13.3. The second-order valence-electron chi connectivity index (χ2n) is 5.71. The maximum atomic E-state index is 5.64. The molecule has 0 amide bonds. The van der Waals surface area contributed by atoms with E-state index in [9.17, 15) is 0 Å². The molecule has 4 rings (SSSR count). The minimum absolute atomic E-state index is 0.477. The fourth-order valence-electron chi connectivity index (χ4n) is 2.83. The Bertz CT molecular complexity index is 1070. The maximum absolute atomic E-state index is 5.64. The predicted octanol–water partition coefficient (Wildman–Crippen LogP) is 3.29. The van der Waals surface area contributed by atoms with Crippen LogP contribution in [-0.2, 0) is 0 Å². The van der Waals surface area contributed by atoms with Gasteiger partial charge in [0, 0.05) is 22.7 Å². The van der Waals surface area contributed by atoms with E-state index < -0.39 is 0 Å². The minimum Gasteiger partial charge on any atom is -0.493 e. The van der Waals surface area contributed by atoms with E-state index in [1.807, 2.05) is 36.4 Å². The van der Waals surface area contributed by atoms with Crippen LogP contribution >= 0.6 is 0 Å². The van der Waals surface area contributed by atoms with Gasteiger partial charge in [-0.15, -0.1) is 0 Å². The Morgan fingerprint density at radius 2 is 1.73 bits per heavy atom. The van der Waals surface area contributed by atoms with E-state index in [1.165, 1.54) is 0 Å². The number of nitrogens with zero attached hydrogens (tertiary/aromatic N) is 3. The van der Waals surface area contributed by atoms with Gasteiger partial charge in [0.15, 0.2) is 17.1 Å². The number of anilines is 1. The van der Waals surface area contributed by atoms with Gasteiger partial charge in [0.2, 0.25) is 0 Å². The zero-order valence-corrected chi connectivity index (χ0v) is 14.4. The highest BCUT2D eigenvalue weighted by Gasteiger charge is 2.13. The molecule has 0 saturated heterocycles. The predicted molar refractivity (Wildman–Crippen MR) is 100 cm³/mol. The number of ether oxygens (including phenoxy) is 2. The molecule has 0 fully saturated rings. The van der Waals surface area contributed by atoms with E-state index in [4.69, 9.17) is 15.2 Å². The van der Waals surface area contributed by atoms with E-state index in [0.29, 0.717) is 23.0 Å². The van der Waals surface area contributed by atoms with Gasteiger partial charge in [0.05, 0.1) is 25.6 Å². The summed E-state index contributed by atoms with van der Waals surface area (Å²) in [6.45, 7) is 0. The molecular formula is C19H17N5O2. The number of nitrogens with two attached hydrogens (primary N) is 1. The lowest BCUT2D eigenvalue weighted by Crippen LogP contribution is -1.91. The molecule has 0 aliphatic heterocycles. The van der Waals surface area contributed by atoms with Crippen molar-refractivity contribution in [2.75, 3.05) is 20.0 Å². The number of hydrogen-bond donors (Lipinski definition) is 2. The summed E-state index contributed by atoms with van der Waals surface area (Å²) in [5.74, 6) is 1.81. The van der Waals surface area contributed by atoms with Crippen LogP contribution in [0.2, 0.25) is 0 Å². The quantitative estimate of drug-likeness (QED) is 0.588. The first-order chi connectivity index (χ1) is 12.7. The highest BCUT2D eigenvalue weighted by atomic mass is 16.5. The number of methoxy groups -OCH3 is 2. The van der Waals surface area contributed by atoms with E-state index in [0.717, 1.165) is 27.9 Å². The van der Waals surface area contributed by atoms with Crippen molar-refractivity contribution in [1.82, 2.24) is 20.2 Å². The molecule has 0 unspecified atom stereocenters. The smallest absolute Gasteiger partial charge is 0.182 e. The Balaban J connectivity index is 1.77. The fourth-order valence-corrected chi connectivity index (χ4v) is 2.83. The van der Waals surface area contributed by atoms with E-state index in [-0.39, 0.29) is 0 Å². The standard InChI is InChI=1S/C19H17N5O2/c1-25-15-7-3-11(9-16(15)26-2)18-13-5-6-14(22-19(13)24-23-18)12-4-8-17(20)21-10-12/h3-10H,1-2H3,(H2,20,21)(H,22,23,24). The van der Waals surface area contributed by atoms with Gasteiger partial charge >= 0.3 is 0 Å². The van der Waals surface area contributed by atoms with Crippen molar-refractivity contribution in [1.29, 1.82) is 0 Å². The lowest BCUT2D eigenvalue weighted by Gasteiger charge is -2.09. The van der Waals surface area contributed by atoms with Crippen molar-refractivity contribution < 1.29 is 9.47 Å². The number of nitrogens with one attached hydrogen (secondary N) is 1. The zero-order chi connectivity index (χ0) is 18.1. The molecular weight excluding hydrogens is 330 g/mol. The minimum atomic E-state index is 0.477. The van der Waals surface area contributed by atoms with E-state index >= 15 is 0 Å². The van der Waals surface area contributed by atoms with Gasteiger partial charge in [-0.05, 0) is 42.5 Å². The number of aromatic amines is 1. The van der Waals surface area contributed by atoms with Crippen molar-refractivity contribution in [2.24, 2.45) is 0 Å². The van der Waals surface area contributed by atoms with Gasteiger partial charge in [-0.2, -0.15) is 5.10 Å². The molecule has 7 heteroatoms. The molecule has 0 saturated carbocycles. The number of pyridine rings is 2. The van der Waals surface area contributed by atoms with Crippen LogP contribution < -0.4 is 15.2 Å². The average molecular weight is 347 g/mol. The van der Waals surface area contributed by atoms with E-state index in [2.05, 4.69) is 20.2 Å². The molecule has 0 aliphatic carbocycles. The number of benzene rings is 1. The largest absolute Gasteiger partial charge is 0.493 e. The molecule has 3 aromatic heterocycles. The summed E-state index contributed by atoms with van der Waals surface area (Å²) in [5, 5.41) is 8.33. The van der Waals surface area contributed by atoms with Crippen molar-refractivity contribution in [3.8, 4) is 34.0 Å². The molecule has 0 bridgehead atoms. The Morgan fingerprint density at radius 3 is 2.46 bits per heavy atom. The molecule has 3 heterocycles. The number of H-pyrrole nitrogens is 1. The van der Waals surface area contributed by atoms with E-state index in [1.54, 1.807) is 26.5 Å². The van der Waals surface area contributed by atoms with Gasteiger partial charge < -0.3 is 15.2 Å². The first-order valence-electron chi connectivity index (χ1n) is 7.99. The molecule has 3 N–H and O–H groups in total. The molecule has 0 radical (unpaired) electrons. The maximum Gasteiger partial charge on any atom is 0.182 e. The number of fused-ring (bicyclic) bond motifs is 1. The molecule has 0 atom stereocenters. The molecule has 0 aliphatic rings. The van der Waals surface area contributed by atoms with Gasteiger partial charge in [-0.1, -0.05) is 0 Å². The topological polar surface area (TPSA) is 98.9 Å². The Kier molecular flexibility index (Phi) is 3.89. The lowest BCUT2D eigenvalue weighted by atomic mass is 10.1. The fraction of sp³-hybridized carbons (Fsp3) is 0.105. The SMILES string of the molecule is COc1ccc(-c2[nH]nc3nc(-c4ccc(N)nc4)ccc23)cc1OC. The van der Waals surface area contributed by atoms with Crippen LogP contribution in [0.25, 0.3) is 33.5 Å². The summed E-state index contributed by atoms with van der Waals surface area (Å²) >= 11 is 0. The third-order valence-corrected chi connectivity index (χ3v) is 4.17. The van der Waals surface area contributed by atoms with Crippen molar-refractivity contribution in [3.05, 3.63) is 48.7 Å². The molecule has 7 nitrogen and oxygen atoms in total. The van der Waals surface area contributed by atoms with Crippen molar-refractivity contribution in [2.45, 2.75) is 0 Å². The third kappa shape index (κ3) is 2.69. The number of nitrogen functional groups attached to an aromatic ring is 1. The number of hydrogen-bond acceptors (Lipinski definition) is 6. The van der Waals surface area contributed by atoms with Crippen LogP contribution in [0.5, 0.6) is 11.5 Å². The van der Waals surface area contributed by atoms with Crippen LogP contribution in [0, 0.1) is 0 Å². The third-order valence-electron chi connectivity index (χ3n) is 4.17. The van der Waals surface area contributed by atoms with Crippen LogP contribution in [-0.4, -0.2) is 34.4 Å². The zero-order valence-electron chi connectivity index (χ0n) is 14.4. The van der Waals surface area contributed by atoms with Gasteiger partial charge in [-0.3, -0.25) is 5.10 Å². The summed E-state index contributed by atoms with van der Waals surface area (Å²) < 4.78 is 10.7. The molecule has 26 heavy (non-hydrogen) atoms. The highest BCUT2D eigenvalue weighted by Crippen LogP contribution is 2.34. The highest BCUT2D eigenvalue weighted by molar-refractivity contribution is 5.92. The second kappa shape index (κ2) is 6.36. The monoisotopic (exact) mass is 347 g/mol. The Morgan fingerprint density at radius 1 is 0.923 bits per heavy atom. The first-order valence-corrected chi connectivity index (χ1v) is 7.99. The summed E-state index contributed by atoms with van der Waals surface area (Å²) in [6.07, 6.45) is 1.70. The Labute approximate surface area is 149 Å². The van der Waals surface area contributed by atoms with Crippen LogP contribution in [0.4, 0.5) is 5.82 Å². The average Bonchev–Trinajstić information content (AvgIpc) is 3.11. The molecule has 4 aromatic rings. The van der Waals surface area contributed by atoms with Gasteiger partial charge in [0.25, 0.3) is 0 Å². The molecule has 1 aromatic carbocycles. The van der Waals surface area contributed by atoms with Crippen molar-refractivity contribution >= 4 is 16.9 Å². The van der Waals surface area contributed by atoms with Crippen LogP contribution in [0.15, 0.2) is 48.7 Å².